The number of rotatable bonds is 16. The molecule has 5 rings (SSSR count). The van der Waals surface area contributed by atoms with E-state index in [1.165, 1.54) is 41.9 Å². The Balaban J connectivity index is 1.27. The second kappa shape index (κ2) is 17.7. The molecule has 0 saturated carbocycles. The van der Waals surface area contributed by atoms with Crippen molar-refractivity contribution in [1.29, 1.82) is 5.26 Å². The second-order valence-corrected chi connectivity index (χ2v) is 15.6. The first-order chi connectivity index (χ1) is 25.0. The van der Waals surface area contributed by atoms with Crippen molar-refractivity contribution in [3.63, 3.8) is 0 Å². The van der Waals surface area contributed by atoms with Crippen molar-refractivity contribution in [2.75, 3.05) is 13.2 Å². The normalized spacial score (nSPS) is 17.3. The molecule has 1 aliphatic rings. The van der Waals surface area contributed by atoms with Gasteiger partial charge in [0.1, 0.15) is 18.0 Å². The molecule has 11 heteroatoms. The molecule has 1 amide bonds. The quantitative estimate of drug-likeness (QED) is 0.100. The van der Waals surface area contributed by atoms with E-state index in [1.807, 2.05) is 54.6 Å². The Morgan fingerprint density at radius 2 is 1.65 bits per heavy atom. The fourth-order valence-corrected chi connectivity index (χ4v) is 7.33. The van der Waals surface area contributed by atoms with Crippen LogP contribution in [0.15, 0.2) is 73.1 Å². The number of hydrogen-bond acceptors (Lipinski definition) is 9. The third kappa shape index (κ3) is 10.0. The molecule has 3 N–H and O–H groups in total. The van der Waals surface area contributed by atoms with Gasteiger partial charge >= 0.3 is 5.97 Å². The molecule has 52 heavy (non-hydrogen) atoms. The number of aliphatic hydroxyl groups excluding tert-OH is 1. The van der Waals surface area contributed by atoms with Crippen LogP contribution in [0.5, 0.6) is 5.75 Å². The molecule has 4 aromatic rings. The Labute approximate surface area is 310 Å². The first-order valence-electron chi connectivity index (χ1n) is 18.1. The van der Waals surface area contributed by atoms with Crippen molar-refractivity contribution in [2.24, 2.45) is 5.92 Å². The second-order valence-electron chi connectivity index (χ2n) is 14.5. The number of likely N-dealkylation sites (tertiary alicyclic amines) is 1. The monoisotopic (exact) mass is 723 g/mol. The maximum atomic E-state index is 13.5. The number of nitriles is 1. The van der Waals surface area contributed by atoms with E-state index in [2.05, 4.69) is 49.0 Å². The Morgan fingerprint density at radius 1 is 0.981 bits per heavy atom. The molecule has 0 aliphatic carbocycles. The molecule has 274 valence electrons. The van der Waals surface area contributed by atoms with Gasteiger partial charge in [-0.15, -0.1) is 11.3 Å². The maximum absolute atomic E-state index is 13.5. The van der Waals surface area contributed by atoms with E-state index in [4.69, 9.17) is 4.74 Å². The Kier molecular flexibility index (Phi) is 13.2. The zero-order chi connectivity index (χ0) is 37.3. The molecular weight excluding hydrogens is 675 g/mol. The molecule has 1 aliphatic heterocycles. The first-order valence-corrected chi connectivity index (χ1v) is 18.9. The number of carbonyl (C=O) groups excluding carboxylic acids is 1. The van der Waals surface area contributed by atoms with Gasteiger partial charge < -0.3 is 20.3 Å². The van der Waals surface area contributed by atoms with Crippen LogP contribution in [0.25, 0.3) is 22.5 Å². The van der Waals surface area contributed by atoms with Crippen LogP contribution < -0.4 is 10.1 Å². The number of hydrogen-bond donors (Lipinski definition) is 3. The van der Waals surface area contributed by atoms with E-state index >= 15 is 0 Å². The number of aromatic nitrogens is 2. The van der Waals surface area contributed by atoms with Crippen molar-refractivity contribution in [3.8, 4) is 34.3 Å². The minimum atomic E-state index is -1.34. The Bertz CT molecular complexity index is 1810. The number of unbranched alkanes of at least 4 members (excludes halogenated alkanes) is 4. The lowest BCUT2D eigenvalue weighted by molar-refractivity contribution is -0.147. The molecular formula is C41H49N5O5S. The summed E-state index contributed by atoms with van der Waals surface area (Å²) in [6.07, 6.45) is 8.57. The summed E-state index contributed by atoms with van der Waals surface area (Å²) in [5.74, 6) is -0.592. The summed E-state index contributed by atoms with van der Waals surface area (Å²) in [7, 11) is 0. The largest absolute Gasteiger partial charge is 0.494 e. The number of aliphatic hydroxyl groups is 1. The highest BCUT2D eigenvalue weighted by Gasteiger charge is 2.43. The number of carboxylic acid groups (broad SMARTS) is 1. The van der Waals surface area contributed by atoms with Crippen LogP contribution in [0.1, 0.15) is 86.3 Å². The predicted molar refractivity (Wildman–Crippen MR) is 203 cm³/mol. The van der Waals surface area contributed by atoms with Crippen LogP contribution in [-0.4, -0.2) is 68.4 Å². The van der Waals surface area contributed by atoms with E-state index in [0.29, 0.717) is 10.7 Å². The smallest absolute Gasteiger partial charge is 0.321 e. The highest BCUT2D eigenvalue weighted by Crippen LogP contribution is 2.31. The summed E-state index contributed by atoms with van der Waals surface area (Å²) < 4.78 is 5.90. The van der Waals surface area contributed by atoms with Crippen LogP contribution in [0.4, 0.5) is 0 Å². The highest BCUT2D eigenvalue weighted by atomic mass is 32.1. The van der Waals surface area contributed by atoms with E-state index in [9.17, 15) is 25.1 Å². The standard InChI is InChI=1S/C41H49N5O5S/c1-5-6-7-8-9-20-51-32-16-14-29(15-17-32)31-24-43-37(44-25-31)30-12-10-27(11-13-30)21-33(39(48)46-26-28(23-42)22-34(46)40(49)50)45-38(47)35-18-19-36(52-35)41(2,3)4/h10-19,24-25,28,33-34,39,48H,5-9,20-22,26H2,1-4H3,(H,45,47)(H,49,50)/t28-,33+,34+,39?/m1/s1. The molecule has 1 saturated heterocycles. The van der Waals surface area contributed by atoms with E-state index in [1.54, 1.807) is 18.5 Å². The predicted octanol–water partition coefficient (Wildman–Crippen LogP) is 7.48. The van der Waals surface area contributed by atoms with Gasteiger partial charge in [0.05, 0.1) is 29.5 Å². The van der Waals surface area contributed by atoms with Gasteiger partial charge in [0.2, 0.25) is 0 Å². The SMILES string of the molecule is CCCCCCCOc1ccc(-c2cnc(-c3ccc(C[C@H](NC(=O)c4ccc(C(C)(C)C)s4)C(O)N4C[C@@H](C#N)C[C@H]4C(=O)O)cc3)nc2)cc1. The van der Waals surface area contributed by atoms with Crippen molar-refractivity contribution < 1.29 is 24.5 Å². The minimum absolute atomic E-state index is 0.0948. The molecule has 0 radical (unpaired) electrons. The van der Waals surface area contributed by atoms with Crippen LogP contribution in [0.3, 0.4) is 0 Å². The van der Waals surface area contributed by atoms with Gasteiger partial charge in [-0.3, -0.25) is 14.5 Å². The van der Waals surface area contributed by atoms with Gasteiger partial charge in [-0.1, -0.05) is 89.8 Å². The van der Waals surface area contributed by atoms with E-state index < -0.39 is 30.2 Å². The van der Waals surface area contributed by atoms with Gasteiger partial charge in [-0.05, 0) is 60.1 Å². The summed E-state index contributed by atoms with van der Waals surface area (Å²) in [4.78, 5) is 37.8. The summed E-state index contributed by atoms with van der Waals surface area (Å²) in [6, 6.07) is 19.5. The Morgan fingerprint density at radius 3 is 2.27 bits per heavy atom. The van der Waals surface area contributed by atoms with Crippen LogP contribution >= 0.6 is 11.3 Å². The molecule has 3 heterocycles. The van der Waals surface area contributed by atoms with Gasteiger partial charge in [0, 0.05) is 34.9 Å². The number of ether oxygens (including phenoxy) is 1. The number of aliphatic carboxylic acids is 1. The summed E-state index contributed by atoms with van der Waals surface area (Å²) in [5.41, 5.74) is 3.37. The maximum Gasteiger partial charge on any atom is 0.321 e. The zero-order valence-corrected chi connectivity index (χ0v) is 31.2. The summed E-state index contributed by atoms with van der Waals surface area (Å²) in [6.45, 7) is 9.25. The Hall–Kier alpha value is -4.63. The summed E-state index contributed by atoms with van der Waals surface area (Å²) >= 11 is 1.39. The zero-order valence-electron chi connectivity index (χ0n) is 30.4. The lowest BCUT2D eigenvalue weighted by Crippen LogP contribution is -2.55. The number of thiophene rings is 1. The van der Waals surface area contributed by atoms with Gasteiger partial charge in [-0.25, -0.2) is 9.97 Å². The lowest BCUT2D eigenvalue weighted by atomic mass is 9.95. The number of amides is 1. The summed E-state index contributed by atoms with van der Waals surface area (Å²) in [5, 5.41) is 34.0. The van der Waals surface area contributed by atoms with Crippen LogP contribution in [-0.2, 0) is 16.6 Å². The lowest BCUT2D eigenvalue weighted by Gasteiger charge is -2.33. The molecule has 0 bridgehead atoms. The van der Waals surface area contributed by atoms with Crippen LogP contribution in [0.2, 0.25) is 0 Å². The number of carbonyl (C=O) groups is 2. The number of nitrogens with one attached hydrogen (secondary N) is 1. The van der Waals surface area contributed by atoms with Crippen molar-refractivity contribution in [1.82, 2.24) is 20.2 Å². The van der Waals surface area contributed by atoms with E-state index in [0.717, 1.165) is 45.9 Å². The van der Waals surface area contributed by atoms with Gasteiger partial charge in [-0.2, -0.15) is 5.26 Å². The van der Waals surface area contributed by atoms with Gasteiger partial charge in [0.25, 0.3) is 5.91 Å². The fourth-order valence-electron chi connectivity index (χ4n) is 6.36. The molecule has 10 nitrogen and oxygen atoms in total. The van der Waals surface area contributed by atoms with E-state index in [-0.39, 0.29) is 30.7 Å². The number of carboxylic acids is 1. The molecule has 1 unspecified atom stereocenters. The first kappa shape index (κ1) is 38.6. The minimum Gasteiger partial charge on any atom is -0.494 e. The van der Waals surface area contributed by atoms with Gasteiger partial charge in [0.15, 0.2) is 5.82 Å². The van der Waals surface area contributed by atoms with Crippen molar-refractivity contribution in [3.05, 3.63) is 88.4 Å². The molecule has 2 aromatic heterocycles. The van der Waals surface area contributed by atoms with Crippen molar-refractivity contribution in [2.45, 2.75) is 96.4 Å². The molecule has 0 spiro atoms. The third-order valence-electron chi connectivity index (χ3n) is 9.42. The highest BCUT2D eigenvalue weighted by molar-refractivity contribution is 7.14. The topological polar surface area (TPSA) is 149 Å². The molecule has 2 aromatic carbocycles. The average molecular weight is 724 g/mol. The van der Waals surface area contributed by atoms with Crippen LogP contribution in [0, 0.1) is 17.2 Å². The van der Waals surface area contributed by atoms with Crippen molar-refractivity contribution >= 4 is 23.2 Å². The average Bonchev–Trinajstić information content (AvgIpc) is 3.83. The number of nitrogens with zero attached hydrogens (tertiary/aromatic N) is 4. The molecule has 4 atom stereocenters. The fraction of sp³-hybridized carbons (Fsp3) is 0.439. The molecule has 1 fully saturated rings. The third-order valence-corrected chi connectivity index (χ3v) is 10.9. The number of benzene rings is 2.